The lowest BCUT2D eigenvalue weighted by Crippen LogP contribution is -2.57. The summed E-state index contributed by atoms with van der Waals surface area (Å²) in [6, 6.07) is 0. The number of piperidine rings is 1. The largest absolute Gasteiger partial charge is 0.483 e. The zero-order valence-electron chi connectivity index (χ0n) is 22.9. The van der Waals surface area contributed by atoms with Crippen molar-refractivity contribution in [2.24, 2.45) is 52.3 Å². The first-order valence-corrected chi connectivity index (χ1v) is 14.8. The first-order valence-electron chi connectivity index (χ1n) is 14.8. The van der Waals surface area contributed by atoms with Crippen molar-refractivity contribution in [3.05, 3.63) is 0 Å². The number of carbonyl (C=O) groups is 1. The van der Waals surface area contributed by atoms with E-state index in [4.69, 9.17) is 14.6 Å². The molecule has 2 heterocycles. The van der Waals surface area contributed by atoms with E-state index >= 15 is 0 Å². The van der Waals surface area contributed by atoms with Crippen molar-refractivity contribution >= 4 is 6.47 Å². The Morgan fingerprint density at radius 3 is 2.32 bits per heavy atom. The molecule has 6 fully saturated rings. The minimum Gasteiger partial charge on any atom is -0.483 e. The molecule has 4 heteroatoms. The first-order chi connectivity index (χ1) is 16.3. The summed E-state index contributed by atoms with van der Waals surface area (Å²) in [7, 11) is 0. The zero-order chi connectivity index (χ0) is 24.7. The smallest absolute Gasteiger partial charge is 0.290 e. The van der Waals surface area contributed by atoms with Crippen LogP contribution in [0.15, 0.2) is 0 Å². The van der Waals surface area contributed by atoms with Gasteiger partial charge in [-0.15, -0.1) is 0 Å². The van der Waals surface area contributed by atoms with Crippen LogP contribution in [0, 0.1) is 52.3 Å². The molecule has 34 heavy (non-hydrogen) atoms. The summed E-state index contributed by atoms with van der Waals surface area (Å²) in [5.74, 6) is 6.23. The van der Waals surface area contributed by atoms with Crippen molar-refractivity contribution in [2.75, 3.05) is 6.54 Å². The molecule has 0 aromatic heterocycles. The molecule has 2 N–H and O–H groups in total. The Bertz CT molecular complexity index is 703. The summed E-state index contributed by atoms with van der Waals surface area (Å²) in [6.07, 6.45) is 16.5. The third-order valence-corrected chi connectivity index (χ3v) is 12.1. The van der Waals surface area contributed by atoms with E-state index in [1.54, 1.807) is 0 Å². The highest BCUT2D eigenvalue weighted by Crippen LogP contribution is 2.71. The molecule has 4 saturated carbocycles. The number of rotatable bonds is 0. The minimum atomic E-state index is -0.250. The van der Waals surface area contributed by atoms with Crippen molar-refractivity contribution in [3.8, 4) is 0 Å². The maximum Gasteiger partial charge on any atom is 0.290 e. The van der Waals surface area contributed by atoms with E-state index in [0.717, 1.165) is 42.1 Å². The Hall–Kier alpha value is -0.610. The first kappa shape index (κ1) is 26.5. The van der Waals surface area contributed by atoms with E-state index in [1.807, 2.05) is 13.8 Å². The van der Waals surface area contributed by atoms with Gasteiger partial charge in [0.05, 0.1) is 6.10 Å². The van der Waals surface area contributed by atoms with Crippen LogP contribution in [0.5, 0.6) is 0 Å². The van der Waals surface area contributed by atoms with Gasteiger partial charge in [0.2, 0.25) is 0 Å². The molecular formula is C30H53NO3. The highest BCUT2D eigenvalue weighted by molar-refractivity contribution is 5.32. The van der Waals surface area contributed by atoms with Gasteiger partial charge >= 0.3 is 0 Å². The van der Waals surface area contributed by atoms with Crippen LogP contribution in [-0.4, -0.2) is 30.0 Å². The predicted molar refractivity (Wildman–Crippen MR) is 138 cm³/mol. The quantitative estimate of drug-likeness (QED) is 0.366. The molecule has 0 amide bonds. The normalized spacial score (nSPS) is 53.1. The molecule has 6 rings (SSSR count). The van der Waals surface area contributed by atoms with Gasteiger partial charge in [0.25, 0.3) is 6.47 Å². The third-order valence-electron chi connectivity index (χ3n) is 12.1. The van der Waals surface area contributed by atoms with E-state index < -0.39 is 0 Å². The second-order valence-electron chi connectivity index (χ2n) is 13.2. The Morgan fingerprint density at radius 1 is 0.912 bits per heavy atom. The fourth-order valence-electron chi connectivity index (χ4n) is 10.5. The Kier molecular flexibility index (Phi) is 7.81. The molecule has 0 radical (unpaired) electrons. The molecule has 4 unspecified atom stereocenters. The van der Waals surface area contributed by atoms with Crippen LogP contribution in [0.4, 0.5) is 0 Å². The lowest BCUT2D eigenvalue weighted by atomic mass is 9.44. The van der Waals surface area contributed by atoms with Gasteiger partial charge in [0.1, 0.15) is 5.72 Å². The summed E-state index contributed by atoms with van der Waals surface area (Å²) in [4.78, 5) is 8.36. The minimum absolute atomic E-state index is 0.000316. The zero-order valence-corrected chi connectivity index (χ0v) is 22.9. The number of carboxylic acid groups (broad SMARTS) is 1. The summed E-state index contributed by atoms with van der Waals surface area (Å²) < 4.78 is 7.03. The lowest BCUT2D eigenvalue weighted by molar-refractivity contribution is -0.132. The molecule has 6 aliphatic rings. The van der Waals surface area contributed by atoms with E-state index in [0.29, 0.717) is 22.9 Å². The number of nitrogens with one attached hydrogen (secondary N) is 1. The number of hydrogen-bond acceptors (Lipinski definition) is 3. The summed E-state index contributed by atoms with van der Waals surface area (Å²) in [5.41, 5.74) is 1.19. The van der Waals surface area contributed by atoms with Crippen molar-refractivity contribution in [1.29, 1.82) is 0 Å². The van der Waals surface area contributed by atoms with Crippen LogP contribution in [0.25, 0.3) is 0 Å². The molecule has 0 aromatic carbocycles. The maximum absolute atomic E-state index is 8.36. The van der Waals surface area contributed by atoms with Gasteiger partial charge in [-0.25, -0.2) is 0 Å². The van der Waals surface area contributed by atoms with Gasteiger partial charge in [0.15, 0.2) is 0 Å². The second-order valence-corrected chi connectivity index (χ2v) is 13.2. The van der Waals surface area contributed by atoms with Crippen LogP contribution < -0.4 is 5.32 Å². The van der Waals surface area contributed by atoms with Crippen molar-refractivity contribution in [3.63, 3.8) is 0 Å². The second kappa shape index (κ2) is 10.0. The maximum atomic E-state index is 8.36. The average molecular weight is 476 g/mol. The molecule has 4 aliphatic carbocycles. The van der Waals surface area contributed by atoms with Crippen LogP contribution >= 0.6 is 0 Å². The van der Waals surface area contributed by atoms with Gasteiger partial charge in [0, 0.05) is 12.5 Å². The Morgan fingerprint density at radius 2 is 1.65 bits per heavy atom. The van der Waals surface area contributed by atoms with E-state index in [-0.39, 0.29) is 12.2 Å². The monoisotopic (exact) mass is 475 g/mol. The molecule has 2 aliphatic heterocycles. The van der Waals surface area contributed by atoms with Crippen LogP contribution in [0.3, 0.4) is 0 Å². The SMILES string of the molecule is CC.C[C@H]1CC[C@]2(NC1)O[C@H]1CC3[C@@H]4CCC5CCCC[C@]5(C)C4CC[C@]3(C)C1[C@@H]2C.O=CO. The molecule has 196 valence electrons. The average Bonchev–Trinajstić information content (AvgIpc) is 3.28. The van der Waals surface area contributed by atoms with E-state index in [1.165, 1.54) is 70.6 Å². The Balaban J connectivity index is 0.000000510. The molecule has 0 aromatic rings. The van der Waals surface area contributed by atoms with E-state index in [9.17, 15) is 0 Å². The number of hydrogen-bond donors (Lipinski definition) is 2. The van der Waals surface area contributed by atoms with Crippen molar-refractivity contribution in [1.82, 2.24) is 5.32 Å². The van der Waals surface area contributed by atoms with Gasteiger partial charge in [-0.1, -0.05) is 54.4 Å². The molecule has 0 bridgehead atoms. The van der Waals surface area contributed by atoms with Crippen molar-refractivity contribution in [2.45, 2.75) is 124 Å². The summed E-state index contributed by atoms with van der Waals surface area (Å²) in [6.45, 7) is 15.3. The molecule has 4 nitrogen and oxygen atoms in total. The van der Waals surface area contributed by atoms with Gasteiger partial charge in [-0.2, -0.15) is 0 Å². The standard InChI is InChI=1S/C27H45NO.C2H6.CH2O2/c1-17-10-14-27(28-16-17)18(2)24-23(29-27)15-22-20-9-8-19-7-5-6-12-25(19,3)21(20)11-13-26(22,24)4;1-2;2-1-3/h17-24,28H,5-16H2,1-4H3;1-2H3;1H,(H,2,3)/t17-,18-,19?,20+,21?,22?,23-,24?,25-,26-,27-;;/m0../s1. The number of ether oxygens (including phenoxy) is 1. The number of fused-ring (bicyclic) bond motifs is 7. The van der Waals surface area contributed by atoms with Gasteiger partial charge < -0.3 is 9.84 Å². The fraction of sp³-hybridized carbons (Fsp3) is 0.967. The topological polar surface area (TPSA) is 58.6 Å². The summed E-state index contributed by atoms with van der Waals surface area (Å²) in [5, 5.41) is 10.8. The van der Waals surface area contributed by atoms with Gasteiger partial charge in [-0.05, 0) is 104 Å². The van der Waals surface area contributed by atoms with Crippen LogP contribution in [0.2, 0.25) is 0 Å². The molecule has 11 atom stereocenters. The lowest BCUT2D eigenvalue weighted by Gasteiger charge is -2.61. The molecule has 1 spiro atoms. The fourth-order valence-corrected chi connectivity index (χ4v) is 10.5. The van der Waals surface area contributed by atoms with Gasteiger partial charge in [-0.3, -0.25) is 10.1 Å². The van der Waals surface area contributed by atoms with E-state index in [2.05, 4.69) is 33.0 Å². The molecule has 2 saturated heterocycles. The summed E-state index contributed by atoms with van der Waals surface area (Å²) >= 11 is 0. The van der Waals surface area contributed by atoms with Crippen LogP contribution in [-0.2, 0) is 9.53 Å². The highest BCUT2D eigenvalue weighted by Gasteiger charge is 2.68. The predicted octanol–water partition coefficient (Wildman–Crippen LogP) is 7.12. The highest BCUT2D eigenvalue weighted by atomic mass is 16.5. The van der Waals surface area contributed by atoms with Crippen molar-refractivity contribution < 1.29 is 14.6 Å². The van der Waals surface area contributed by atoms with Crippen LogP contribution in [0.1, 0.15) is 112 Å². The third kappa shape index (κ3) is 3.98. The molecular weight excluding hydrogens is 422 g/mol. The Labute approximate surface area is 209 Å².